The summed E-state index contributed by atoms with van der Waals surface area (Å²) in [6, 6.07) is 12.3. The van der Waals surface area contributed by atoms with Gasteiger partial charge in [-0.25, -0.2) is 13.1 Å². The average molecular weight is 513 g/mol. The van der Waals surface area contributed by atoms with Crippen LogP contribution in [-0.4, -0.2) is 31.0 Å². The number of aromatic nitrogens is 1. The SMILES string of the molecule is O=C(O)Cc1c(-c2ccc(Cl)c(S(=O)(=O)NCC34CC5CC(CC(C5)C3)C4)c2)[nH]c2ccccc12. The first kappa shape index (κ1) is 23.1. The monoisotopic (exact) mass is 512 g/mol. The van der Waals surface area contributed by atoms with Crippen molar-refractivity contribution in [1.82, 2.24) is 9.71 Å². The minimum atomic E-state index is -3.84. The van der Waals surface area contributed by atoms with Crippen molar-refractivity contribution in [3.05, 3.63) is 53.1 Å². The predicted molar refractivity (Wildman–Crippen MR) is 136 cm³/mol. The number of hydrogen-bond acceptors (Lipinski definition) is 3. The molecule has 0 amide bonds. The van der Waals surface area contributed by atoms with Crippen molar-refractivity contribution in [3.8, 4) is 11.3 Å². The van der Waals surface area contributed by atoms with E-state index in [9.17, 15) is 18.3 Å². The zero-order chi connectivity index (χ0) is 24.4. The number of carbonyl (C=O) groups is 1. The first-order chi connectivity index (χ1) is 16.7. The van der Waals surface area contributed by atoms with E-state index >= 15 is 0 Å². The van der Waals surface area contributed by atoms with Crippen molar-refractivity contribution < 1.29 is 18.3 Å². The molecule has 4 aliphatic carbocycles. The molecule has 4 aliphatic rings. The summed E-state index contributed by atoms with van der Waals surface area (Å²) in [5.74, 6) is 1.28. The Morgan fingerprint density at radius 2 is 1.71 bits per heavy atom. The summed E-state index contributed by atoms with van der Waals surface area (Å²) in [4.78, 5) is 14.9. The Kier molecular flexibility index (Phi) is 5.51. The lowest BCUT2D eigenvalue weighted by Gasteiger charge is -2.56. The molecular weight excluding hydrogens is 484 g/mol. The molecular formula is C27H29ClN2O4S. The number of carboxylic acids is 1. The number of hydrogen-bond donors (Lipinski definition) is 3. The van der Waals surface area contributed by atoms with Gasteiger partial charge in [0.2, 0.25) is 10.0 Å². The van der Waals surface area contributed by atoms with Crippen LogP contribution < -0.4 is 4.72 Å². The van der Waals surface area contributed by atoms with Gasteiger partial charge in [0, 0.05) is 17.4 Å². The van der Waals surface area contributed by atoms with Gasteiger partial charge in [0.05, 0.1) is 17.1 Å². The van der Waals surface area contributed by atoms with Crippen LogP contribution in [0.3, 0.4) is 0 Å². The van der Waals surface area contributed by atoms with Crippen LogP contribution in [0.15, 0.2) is 47.4 Å². The second-order valence-electron chi connectivity index (χ2n) is 11.0. The molecule has 2 aromatic carbocycles. The summed E-state index contributed by atoms with van der Waals surface area (Å²) in [6.07, 6.45) is 7.10. The smallest absolute Gasteiger partial charge is 0.307 e. The fraction of sp³-hybridized carbons (Fsp3) is 0.444. The minimum absolute atomic E-state index is 0.0290. The number of nitrogens with one attached hydrogen (secondary N) is 2. The lowest BCUT2D eigenvalue weighted by atomic mass is 9.50. The summed E-state index contributed by atoms with van der Waals surface area (Å²) >= 11 is 6.40. The Labute approximate surface area is 210 Å². The summed E-state index contributed by atoms with van der Waals surface area (Å²) in [6.45, 7) is 0.454. The number of halogens is 1. The van der Waals surface area contributed by atoms with Crippen molar-refractivity contribution >= 4 is 38.5 Å². The molecule has 0 unspecified atom stereocenters. The molecule has 6 nitrogen and oxygen atoms in total. The molecule has 4 bridgehead atoms. The first-order valence-corrected chi connectivity index (χ1v) is 14.2. The Morgan fingerprint density at radius 3 is 2.37 bits per heavy atom. The van der Waals surface area contributed by atoms with E-state index in [4.69, 9.17) is 11.6 Å². The largest absolute Gasteiger partial charge is 0.481 e. The van der Waals surface area contributed by atoms with Crippen LogP contribution in [-0.2, 0) is 21.2 Å². The van der Waals surface area contributed by atoms with Crippen LogP contribution in [0.1, 0.15) is 44.1 Å². The third-order valence-corrected chi connectivity index (χ3v) is 10.3. The maximum absolute atomic E-state index is 13.5. The fourth-order valence-corrected chi connectivity index (χ4v) is 9.16. The van der Waals surface area contributed by atoms with Crippen LogP contribution in [0.4, 0.5) is 0 Å². The van der Waals surface area contributed by atoms with Gasteiger partial charge in [-0.3, -0.25) is 4.79 Å². The molecule has 0 radical (unpaired) electrons. The van der Waals surface area contributed by atoms with Gasteiger partial charge in [0.1, 0.15) is 4.90 Å². The number of rotatable bonds is 7. The van der Waals surface area contributed by atoms with E-state index in [-0.39, 0.29) is 21.8 Å². The number of carboxylic acid groups (broad SMARTS) is 1. The maximum Gasteiger partial charge on any atom is 0.307 e. The molecule has 8 heteroatoms. The Hall–Kier alpha value is -2.35. The lowest BCUT2D eigenvalue weighted by molar-refractivity contribution is -0.136. The zero-order valence-corrected chi connectivity index (χ0v) is 21.0. The molecule has 3 N–H and O–H groups in total. The number of aromatic amines is 1. The summed E-state index contributed by atoms with van der Waals surface area (Å²) in [5, 5.41) is 10.5. The minimum Gasteiger partial charge on any atom is -0.481 e. The molecule has 184 valence electrons. The Bertz CT molecular complexity index is 1390. The molecule has 0 atom stereocenters. The van der Waals surface area contributed by atoms with E-state index in [1.54, 1.807) is 18.2 Å². The number of sulfonamides is 1. The van der Waals surface area contributed by atoms with Gasteiger partial charge in [-0.2, -0.15) is 0 Å². The summed E-state index contributed by atoms with van der Waals surface area (Å²) < 4.78 is 29.8. The maximum atomic E-state index is 13.5. The molecule has 0 spiro atoms. The predicted octanol–water partition coefficient (Wildman–Crippen LogP) is 5.61. The van der Waals surface area contributed by atoms with E-state index in [2.05, 4.69) is 9.71 Å². The van der Waals surface area contributed by atoms with Crippen LogP contribution in [0.25, 0.3) is 22.2 Å². The number of aliphatic carboxylic acids is 1. The molecule has 35 heavy (non-hydrogen) atoms. The molecule has 7 rings (SSSR count). The van der Waals surface area contributed by atoms with Gasteiger partial charge >= 0.3 is 5.97 Å². The highest BCUT2D eigenvalue weighted by molar-refractivity contribution is 7.89. The number of benzene rings is 2. The van der Waals surface area contributed by atoms with E-state index < -0.39 is 16.0 Å². The number of H-pyrrole nitrogens is 1. The van der Waals surface area contributed by atoms with Gasteiger partial charge in [-0.05, 0) is 91.0 Å². The third kappa shape index (κ3) is 4.17. The van der Waals surface area contributed by atoms with Crippen molar-refractivity contribution in [2.24, 2.45) is 23.2 Å². The number of fused-ring (bicyclic) bond motifs is 1. The quantitative estimate of drug-likeness (QED) is 0.383. The highest BCUT2D eigenvalue weighted by Crippen LogP contribution is 2.59. The van der Waals surface area contributed by atoms with Gasteiger partial charge < -0.3 is 10.1 Å². The van der Waals surface area contributed by atoms with Crippen LogP contribution in [0.5, 0.6) is 0 Å². The fourth-order valence-electron chi connectivity index (χ4n) is 7.48. The van der Waals surface area contributed by atoms with Crippen molar-refractivity contribution in [3.63, 3.8) is 0 Å². The van der Waals surface area contributed by atoms with Crippen molar-refractivity contribution in [1.29, 1.82) is 0 Å². The van der Waals surface area contributed by atoms with E-state index in [1.165, 1.54) is 19.3 Å². The van der Waals surface area contributed by atoms with E-state index in [1.807, 2.05) is 24.3 Å². The van der Waals surface area contributed by atoms with E-state index in [0.717, 1.165) is 47.9 Å². The van der Waals surface area contributed by atoms with Crippen LogP contribution in [0, 0.1) is 23.2 Å². The topological polar surface area (TPSA) is 99.3 Å². The van der Waals surface area contributed by atoms with Crippen LogP contribution >= 0.6 is 11.6 Å². The second kappa shape index (κ2) is 8.36. The molecule has 4 fully saturated rings. The van der Waals surface area contributed by atoms with Crippen molar-refractivity contribution in [2.45, 2.75) is 49.8 Å². The second-order valence-corrected chi connectivity index (χ2v) is 13.1. The first-order valence-electron chi connectivity index (χ1n) is 12.3. The zero-order valence-electron chi connectivity index (χ0n) is 19.4. The highest BCUT2D eigenvalue weighted by atomic mass is 35.5. The van der Waals surface area contributed by atoms with E-state index in [0.29, 0.717) is 23.4 Å². The standard InChI is InChI=1S/C27H29ClN2O4S/c28-22-6-5-19(26-21(11-25(31)32)20-3-1-2-4-23(20)30-26)10-24(22)35(33,34)29-15-27-12-16-7-17(13-27)9-18(8-16)14-27/h1-6,10,16-18,29-30H,7-9,11-15H2,(H,31,32). The molecule has 1 heterocycles. The molecule has 0 saturated heterocycles. The lowest BCUT2D eigenvalue weighted by Crippen LogP contribution is -2.51. The van der Waals surface area contributed by atoms with Gasteiger partial charge in [-0.15, -0.1) is 0 Å². The number of para-hydroxylation sites is 1. The molecule has 4 saturated carbocycles. The van der Waals surface area contributed by atoms with Gasteiger partial charge in [0.25, 0.3) is 0 Å². The summed E-state index contributed by atoms with van der Waals surface area (Å²) in [5.41, 5.74) is 2.69. The highest BCUT2D eigenvalue weighted by Gasteiger charge is 2.51. The van der Waals surface area contributed by atoms with Crippen molar-refractivity contribution in [2.75, 3.05) is 6.54 Å². The Balaban J connectivity index is 1.32. The average Bonchev–Trinajstić information content (AvgIpc) is 3.15. The third-order valence-electron chi connectivity index (χ3n) is 8.45. The normalized spacial score (nSPS) is 27.5. The van der Waals surface area contributed by atoms with Gasteiger partial charge in [-0.1, -0.05) is 35.9 Å². The van der Waals surface area contributed by atoms with Gasteiger partial charge in [0.15, 0.2) is 0 Å². The molecule has 1 aromatic heterocycles. The molecule has 3 aromatic rings. The Morgan fingerprint density at radius 1 is 1.06 bits per heavy atom. The van der Waals surface area contributed by atoms with Crippen LogP contribution in [0.2, 0.25) is 5.02 Å². The summed E-state index contributed by atoms with van der Waals surface area (Å²) in [7, 11) is -3.84. The molecule has 0 aliphatic heterocycles.